The Morgan fingerprint density at radius 2 is 1.77 bits per heavy atom. The molecule has 3 aromatic rings. The summed E-state index contributed by atoms with van der Waals surface area (Å²) in [5, 5.41) is 4.11. The molecule has 2 aromatic carbocycles. The summed E-state index contributed by atoms with van der Waals surface area (Å²) < 4.78 is 4.10. The summed E-state index contributed by atoms with van der Waals surface area (Å²) in [6.07, 6.45) is 1.67. The van der Waals surface area contributed by atoms with Gasteiger partial charge in [0, 0.05) is 31.5 Å². The number of benzene rings is 2. The van der Waals surface area contributed by atoms with Gasteiger partial charge in [-0.05, 0) is 72.2 Å². The number of hydrogen-bond acceptors (Lipinski definition) is 2. The van der Waals surface area contributed by atoms with Crippen LogP contribution in [0, 0.1) is 13.8 Å². The standard InChI is InChI=1S/C20H17Br2N3O/c1-13-11-16(14(2)25(13)19-6-4-3-5-18(19)22)12-23-24-20(26)15-7-9-17(21)10-8-15/h3-12H,1-2H3,(H,24,26)/b23-12+. The summed E-state index contributed by atoms with van der Waals surface area (Å²) in [6.45, 7) is 4.08. The molecular weight excluding hydrogens is 458 g/mol. The van der Waals surface area contributed by atoms with Crippen LogP contribution < -0.4 is 5.43 Å². The van der Waals surface area contributed by atoms with Crippen LogP contribution in [0.3, 0.4) is 0 Å². The van der Waals surface area contributed by atoms with Crippen LogP contribution in [0.4, 0.5) is 0 Å². The molecule has 0 aliphatic carbocycles. The molecule has 132 valence electrons. The van der Waals surface area contributed by atoms with E-state index in [0.29, 0.717) is 5.56 Å². The number of aryl methyl sites for hydroxylation is 1. The fourth-order valence-corrected chi connectivity index (χ4v) is 3.47. The van der Waals surface area contributed by atoms with Gasteiger partial charge in [0.05, 0.1) is 11.9 Å². The smallest absolute Gasteiger partial charge is 0.271 e. The maximum absolute atomic E-state index is 12.1. The van der Waals surface area contributed by atoms with Gasteiger partial charge in [-0.2, -0.15) is 5.10 Å². The number of para-hydroxylation sites is 1. The van der Waals surface area contributed by atoms with E-state index < -0.39 is 0 Å². The highest BCUT2D eigenvalue weighted by atomic mass is 79.9. The molecule has 0 bridgehead atoms. The number of nitrogens with one attached hydrogen (secondary N) is 1. The van der Waals surface area contributed by atoms with Gasteiger partial charge in [-0.15, -0.1) is 0 Å². The summed E-state index contributed by atoms with van der Waals surface area (Å²) in [5.41, 5.74) is 7.30. The van der Waals surface area contributed by atoms with Crippen molar-refractivity contribution in [1.29, 1.82) is 0 Å². The number of rotatable bonds is 4. The first-order valence-electron chi connectivity index (χ1n) is 8.00. The summed E-state index contributed by atoms with van der Waals surface area (Å²) in [4.78, 5) is 12.1. The molecule has 26 heavy (non-hydrogen) atoms. The van der Waals surface area contributed by atoms with Gasteiger partial charge in [0.2, 0.25) is 0 Å². The first-order chi connectivity index (χ1) is 12.5. The second-order valence-corrected chi connectivity index (χ2v) is 7.59. The SMILES string of the molecule is Cc1cc(/C=N/NC(=O)c2ccc(Br)cc2)c(C)n1-c1ccccc1Br. The number of carbonyl (C=O) groups excluding carboxylic acids is 1. The third-order valence-corrected chi connectivity index (χ3v) is 5.24. The summed E-state index contributed by atoms with van der Waals surface area (Å²) in [6, 6.07) is 17.2. The molecule has 6 heteroatoms. The van der Waals surface area contributed by atoms with Crippen LogP contribution in [0.15, 0.2) is 68.6 Å². The van der Waals surface area contributed by atoms with Gasteiger partial charge < -0.3 is 4.57 Å². The minimum absolute atomic E-state index is 0.242. The number of amides is 1. The lowest BCUT2D eigenvalue weighted by Crippen LogP contribution is -2.17. The number of nitrogens with zero attached hydrogens (tertiary/aromatic N) is 2. The fraction of sp³-hybridized carbons (Fsp3) is 0.100. The summed E-state index contributed by atoms with van der Waals surface area (Å²) >= 11 is 6.95. The van der Waals surface area contributed by atoms with E-state index >= 15 is 0 Å². The van der Waals surface area contributed by atoms with Crippen molar-refractivity contribution in [2.75, 3.05) is 0 Å². The van der Waals surface area contributed by atoms with Crippen molar-refractivity contribution in [3.05, 3.63) is 86.1 Å². The monoisotopic (exact) mass is 473 g/mol. The Labute approximate surface area is 169 Å². The molecule has 0 aliphatic rings. The van der Waals surface area contributed by atoms with E-state index in [1.807, 2.05) is 50.2 Å². The predicted molar refractivity (Wildman–Crippen MR) is 112 cm³/mol. The molecule has 0 fully saturated rings. The molecule has 3 rings (SSSR count). The van der Waals surface area contributed by atoms with Gasteiger partial charge in [0.1, 0.15) is 0 Å². The maximum Gasteiger partial charge on any atom is 0.271 e. The number of halogens is 2. The van der Waals surface area contributed by atoms with E-state index in [0.717, 1.165) is 31.6 Å². The third-order valence-electron chi connectivity index (χ3n) is 4.04. The van der Waals surface area contributed by atoms with Crippen molar-refractivity contribution in [1.82, 2.24) is 9.99 Å². The first kappa shape index (κ1) is 18.6. The second-order valence-electron chi connectivity index (χ2n) is 5.82. The number of aromatic nitrogens is 1. The molecule has 4 nitrogen and oxygen atoms in total. The quantitative estimate of drug-likeness (QED) is 0.400. The van der Waals surface area contributed by atoms with Crippen molar-refractivity contribution in [3.8, 4) is 5.69 Å². The van der Waals surface area contributed by atoms with Crippen LogP contribution in [0.25, 0.3) is 5.69 Å². The van der Waals surface area contributed by atoms with Crippen molar-refractivity contribution in [3.63, 3.8) is 0 Å². The molecule has 1 N–H and O–H groups in total. The Kier molecular flexibility index (Phi) is 5.74. The zero-order chi connectivity index (χ0) is 18.7. The van der Waals surface area contributed by atoms with Crippen LogP contribution in [0.5, 0.6) is 0 Å². The fourth-order valence-electron chi connectivity index (χ4n) is 2.75. The highest BCUT2D eigenvalue weighted by Crippen LogP contribution is 2.26. The third kappa shape index (κ3) is 3.97. The van der Waals surface area contributed by atoms with Crippen LogP contribution in [-0.4, -0.2) is 16.7 Å². The molecule has 0 spiro atoms. The zero-order valence-electron chi connectivity index (χ0n) is 14.3. The van der Waals surface area contributed by atoms with Crippen LogP contribution >= 0.6 is 31.9 Å². The summed E-state index contributed by atoms with van der Waals surface area (Å²) in [7, 11) is 0. The normalized spacial score (nSPS) is 11.1. The molecule has 0 saturated carbocycles. The largest absolute Gasteiger partial charge is 0.317 e. The van der Waals surface area contributed by atoms with Crippen molar-refractivity contribution < 1.29 is 4.79 Å². The number of hydrazone groups is 1. The van der Waals surface area contributed by atoms with Gasteiger partial charge in [0.15, 0.2) is 0 Å². The average molecular weight is 475 g/mol. The lowest BCUT2D eigenvalue weighted by atomic mass is 10.2. The van der Waals surface area contributed by atoms with Gasteiger partial charge in [-0.1, -0.05) is 28.1 Å². The van der Waals surface area contributed by atoms with E-state index in [-0.39, 0.29) is 5.91 Å². The molecule has 0 saturated heterocycles. The van der Waals surface area contributed by atoms with Crippen molar-refractivity contribution >= 4 is 44.0 Å². The van der Waals surface area contributed by atoms with Crippen molar-refractivity contribution in [2.24, 2.45) is 5.10 Å². The van der Waals surface area contributed by atoms with Crippen LogP contribution in [0.2, 0.25) is 0 Å². The molecule has 1 heterocycles. The number of hydrogen-bond donors (Lipinski definition) is 1. The Bertz CT molecular complexity index is 975. The van der Waals surface area contributed by atoms with Gasteiger partial charge in [0.25, 0.3) is 5.91 Å². The molecule has 0 unspecified atom stereocenters. The van der Waals surface area contributed by atoms with Crippen LogP contribution in [0.1, 0.15) is 27.3 Å². The van der Waals surface area contributed by atoms with Crippen molar-refractivity contribution in [2.45, 2.75) is 13.8 Å². The van der Waals surface area contributed by atoms with Gasteiger partial charge >= 0.3 is 0 Å². The van der Waals surface area contributed by atoms with E-state index in [4.69, 9.17) is 0 Å². The number of carbonyl (C=O) groups is 1. The lowest BCUT2D eigenvalue weighted by Gasteiger charge is -2.11. The topological polar surface area (TPSA) is 46.4 Å². The van der Waals surface area contributed by atoms with Gasteiger partial charge in [-0.25, -0.2) is 5.43 Å². The molecular formula is C20H17Br2N3O. The van der Waals surface area contributed by atoms with E-state index in [1.54, 1.807) is 18.3 Å². The van der Waals surface area contributed by atoms with E-state index in [2.05, 4.69) is 53.0 Å². The minimum Gasteiger partial charge on any atom is -0.317 e. The Hall–Kier alpha value is -2.18. The highest BCUT2D eigenvalue weighted by Gasteiger charge is 2.11. The first-order valence-corrected chi connectivity index (χ1v) is 9.59. The lowest BCUT2D eigenvalue weighted by molar-refractivity contribution is 0.0955. The molecule has 1 amide bonds. The second kappa shape index (κ2) is 8.01. The predicted octanol–water partition coefficient (Wildman–Crippen LogP) is 5.38. The maximum atomic E-state index is 12.1. The molecule has 0 atom stereocenters. The van der Waals surface area contributed by atoms with E-state index in [9.17, 15) is 4.79 Å². The Balaban J connectivity index is 1.80. The Morgan fingerprint density at radius 3 is 2.46 bits per heavy atom. The zero-order valence-corrected chi connectivity index (χ0v) is 17.5. The Morgan fingerprint density at radius 1 is 1.08 bits per heavy atom. The average Bonchev–Trinajstić information content (AvgIpc) is 2.90. The van der Waals surface area contributed by atoms with Crippen LogP contribution in [-0.2, 0) is 0 Å². The minimum atomic E-state index is -0.242. The molecule has 0 aliphatic heterocycles. The van der Waals surface area contributed by atoms with E-state index in [1.165, 1.54) is 0 Å². The van der Waals surface area contributed by atoms with Gasteiger partial charge in [-0.3, -0.25) is 4.79 Å². The molecule has 1 aromatic heterocycles. The summed E-state index contributed by atoms with van der Waals surface area (Å²) in [5.74, 6) is -0.242. The molecule has 0 radical (unpaired) electrons. The highest BCUT2D eigenvalue weighted by molar-refractivity contribution is 9.10.